The predicted octanol–water partition coefficient (Wildman–Crippen LogP) is -1.11. The maximum Gasteiger partial charge on any atom is 0.151 e. The Kier molecular flexibility index (Phi) is 6.26. The predicted molar refractivity (Wildman–Crippen MR) is 65.8 cm³/mol. The summed E-state index contributed by atoms with van der Waals surface area (Å²) in [5.41, 5.74) is 0.755. The van der Waals surface area contributed by atoms with E-state index in [4.69, 9.17) is 10.2 Å². The molecule has 0 radical (unpaired) electrons. The summed E-state index contributed by atoms with van der Waals surface area (Å²) in [6.45, 7) is 1.37. The van der Waals surface area contributed by atoms with Crippen molar-refractivity contribution in [2.24, 2.45) is 0 Å². The van der Waals surface area contributed by atoms with E-state index in [1.807, 2.05) is 0 Å². The summed E-state index contributed by atoms with van der Waals surface area (Å²) in [6.07, 6.45) is -1.01. The molecular weight excluding hydrogens is 252 g/mol. The molecule has 19 heavy (non-hydrogen) atoms. The third-order valence-electron chi connectivity index (χ3n) is 2.72. The Balaban J connectivity index is 2.66. The molecule has 0 aliphatic heterocycles. The van der Waals surface area contributed by atoms with Gasteiger partial charge in [-0.05, 0) is 26.2 Å². The van der Waals surface area contributed by atoms with E-state index in [1.54, 1.807) is 0 Å². The van der Waals surface area contributed by atoms with E-state index >= 15 is 0 Å². The smallest absolute Gasteiger partial charge is 0.151 e. The highest BCUT2D eigenvalue weighted by molar-refractivity contribution is 5.08. The highest BCUT2D eigenvalue weighted by Crippen LogP contribution is 2.17. The third kappa shape index (κ3) is 5.17. The minimum atomic E-state index is -1.35. The number of hydrogen-bond acceptors (Lipinski definition) is 7. The van der Waals surface area contributed by atoms with Gasteiger partial charge in [-0.1, -0.05) is 0 Å². The lowest BCUT2D eigenvalue weighted by Gasteiger charge is -2.19. The van der Waals surface area contributed by atoms with Crippen LogP contribution < -0.4 is 0 Å². The van der Waals surface area contributed by atoms with Crippen LogP contribution in [-0.4, -0.2) is 54.0 Å². The summed E-state index contributed by atoms with van der Waals surface area (Å²) in [7, 11) is 0. The van der Waals surface area contributed by atoms with Crippen LogP contribution in [0.3, 0.4) is 0 Å². The van der Waals surface area contributed by atoms with Gasteiger partial charge in [0, 0.05) is 6.20 Å². The van der Waals surface area contributed by atoms with Gasteiger partial charge >= 0.3 is 0 Å². The SMILES string of the molecule is CC(O)C(O)C(O)c1cncc(CCCC(O)O)n1. The van der Waals surface area contributed by atoms with Crippen LogP contribution in [0.5, 0.6) is 0 Å². The Labute approximate surface area is 111 Å². The molecule has 7 nitrogen and oxygen atoms in total. The number of aliphatic hydroxyl groups is 5. The summed E-state index contributed by atoms with van der Waals surface area (Å²) in [5.74, 6) is 0. The molecule has 0 aliphatic carbocycles. The van der Waals surface area contributed by atoms with Gasteiger partial charge in [0.1, 0.15) is 12.2 Å². The third-order valence-corrected chi connectivity index (χ3v) is 2.72. The lowest BCUT2D eigenvalue weighted by Crippen LogP contribution is -2.30. The zero-order chi connectivity index (χ0) is 14.4. The molecule has 1 aromatic heterocycles. The standard InChI is InChI=1S/C12H20N2O5/c1-7(15)11(18)12(19)9-6-13-5-8(14-9)3-2-4-10(16)17/h5-7,10-12,15-19H,2-4H2,1H3. The van der Waals surface area contributed by atoms with Gasteiger partial charge < -0.3 is 25.5 Å². The van der Waals surface area contributed by atoms with Crippen LogP contribution in [-0.2, 0) is 6.42 Å². The molecule has 0 amide bonds. The van der Waals surface area contributed by atoms with Crippen LogP contribution in [0, 0.1) is 0 Å². The lowest BCUT2D eigenvalue weighted by atomic mass is 10.1. The first-order valence-electron chi connectivity index (χ1n) is 6.13. The van der Waals surface area contributed by atoms with Crippen LogP contribution in [0.2, 0.25) is 0 Å². The summed E-state index contributed by atoms with van der Waals surface area (Å²) in [4.78, 5) is 8.03. The molecule has 1 rings (SSSR count). The van der Waals surface area contributed by atoms with Gasteiger partial charge in [0.2, 0.25) is 0 Å². The van der Waals surface area contributed by atoms with Gasteiger partial charge in [-0.2, -0.15) is 0 Å². The lowest BCUT2D eigenvalue weighted by molar-refractivity contribution is -0.0550. The molecule has 0 fully saturated rings. The van der Waals surface area contributed by atoms with Gasteiger partial charge in [-0.25, -0.2) is 0 Å². The van der Waals surface area contributed by atoms with Gasteiger partial charge in [-0.3, -0.25) is 9.97 Å². The topological polar surface area (TPSA) is 127 Å². The number of aromatic nitrogens is 2. The van der Waals surface area contributed by atoms with Crippen molar-refractivity contribution in [3.8, 4) is 0 Å². The highest BCUT2D eigenvalue weighted by atomic mass is 16.5. The van der Waals surface area contributed by atoms with Gasteiger partial charge in [0.25, 0.3) is 0 Å². The van der Waals surface area contributed by atoms with Crippen LogP contribution in [0.25, 0.3) is 0 Å². The van der Waals surface area contributed by atoms with Crippen molar-refractivity contribution in [2.75, 3.05) is 0 Å². The molecule has 1 heterocycles. The van der Waals surface area contributed by atoms with E-state index in [0.717, 1.165) is 0 Å². The molecule has 0 spiro atoms. The number of nitrogens with zero attached hydrogens (tertiary/aromatic N) is 2. The normalized spacial score (nSPS) is 16.4. The zero-order valence-electron chi connectivity index (χ0n) is 10.7. The van der Waals surface area contributed by atoms with Crippen LogP contribution >= 0.6 is 0 Å². The first-order chi connectivity index (χ1) is 8.91. The summed E-state index contributed by atoms with van der Waals surface area (Å²) in [5, 5.41) is 46.0. The number of aryl methyl sites for hydroxylation is 1. The fraction of sp³-hybridized carbons (Fsp3) is 0.667. The van der Waals surface area contributed by atoms with Gasteiger partial charge in [-0.15, -0.1) is 0 Å². The van der Waals surface area contributed by atoms with E-state index in [-0.39, 0.29) is 12.1 Å². The van der Waals surface area contributed by atoms with E-state index in [1.165, 1.54) is 19.3 Å². The van der Waals surface area contributed by atoms with Crippen molar-refractivity contribution in [3.05, 3.63) is 23.8 Å². The van der Waals surface area contributed by atoms with Crippen molar-refractivity contribution in [3.63, 3.8) is 0 Å². The van der Waals surface area contributed by atoms with Crippen molar-refractivity contribution in [1.29, 1.82) is 0 Å². The molecule has 3 unspecified atom stereocenters. The highest BCUT2D eigenvalue weighted by Gasteiger charge is 2.24. The Morgan fingerprint density at radius 1 is 1.11 bits per heavy atom. The maximum atomic E-state index is 9.81. The van der Waals surface area contributed by atoms with Crippen molar-refractivity contribution >= 4 is 0 Å². The van der Waals surface area contributed by atoms with Gasteiger partial charge in [0.15, 0.2) is 6.29 Å². The van der Waals surface area contributed by atoms with Crippen molar-refractivity contribution < 1.29 is 25.5 Å². The number of rotatable bonds is 7. The van der Waals surface area contributed by atoms with E-state index in [2.05, 4.69) is 9.97 Å². The van der Waals surface area contributed by atoms with E-state index < -0.39 is 24.6 Å². The van der Waals surface area contributed by atoms with Crippen molar-refractivity contribution in [1.82, 2.24) is 9.97 Å². The van der Waals surface area contributed by atoms with E-state index in [0.29, 0.717) is 18.5 Å². The Morgan fingerprint density at radius 2 is 1.79 bits per heavy atom. The van der Waals surface area contributed by atoms with Crippen molar-refractivity contribution in [2.45, 2.75) is 50.8 Å². The van der Waals surface area contributed by atoms with Crippen LogP contribution in [0.1, 0.15) is 37.3 Å². The monoisotopic (exact) mass is 272 g/mol. The molecule has 0 saturated heterocycles. The summed E-state index contributed by atoms with van der Waals surface area (Å²) >= 11 is 0. The second-order valence-corrected chi connectivity index (χ2v) is 4.48. The molecule has 5 N–H and O–H groups in total. The first kappa shape index (κ1) is 15.9. The molecule has 1 aromatic rings. The molecule has 108 valence electrons. The fourth-order valence-corrected chi connectivity index (χ4v) is 1.59. The van der Waals surface area contributed by atoms with Crippen LogP contribution in [0.15, 0.2) is 12.4 Å². The molecule has 0 aromatic carbocycles. The number of hydrogen-bond donors (Lipinski definition) is 5. The minimum Gasteiger partial charge on any atom is -0.391 e. The quantitative estimate of drug-likeness (QED) is 0.398. The molecule has 7 heteroatoms. The fourth-order valence-electron chi connectivity index (χ4n) is 1.59. The molecule has 0 saturated carbocycles. The maximum absolute atomic E-state index is 9.81. The summed E-state index contributed by atoms with van der Waals surface area (Å²) < 4.78 is 0. The molecule has 0 aliphatic rings. The Hall–Kier alpha value is -1.12. The molecule has 3 atom stereocenters. The second-order valence-electron chi connectivity index (χ2n) is 4.48. The summed E-state index contributed by atoms with van der Waals surface area (Å²) in [6, 6.07) is 0. The Bertz CT molecular complexity index is 386. The Morgan fingerprint density at radius 3 is 2.37 bits per heavy atom. The largest absolute Gasteiger partial charge is 0.391 e. The number of aliphatic hydroxyl groups excluding tert-OH is 4. The van der Waals surface area contributed by atoms with Gasteiger partial charge in [0.05, 0.1) is 23.7 Å². The van der Waals surface area contributed by atoms with Crippen LogP contribution in [0.4, 0.5) is 0 Å². The minimum absolute atomic E-state index is 0.176. The average molecular weight is 272 g/mol. The average Bonchev–Trinajstić information content (AvgIpc) is 2.36. The first-order valence-corrected chi connectivity index (χ1v) is 6.13. The second kappa shape index (κ2) is 7.46. The van der Waals surface area contributed by atoms with E-state index in [9.17, 15) is 15.3 Å². The zero-order valence-corrected chi connectivity index (χ0v) is 10.7. The molecular formula is C12H20N2O5. The molecule has 0 bridgehead atoms.